The summed E-state index contributed by atoms with van der Waals surface area (Å²) in [5, 5.41) is 0. The predicted molar refractivity (Wildman–Crippen MR) is 104 cm³/mol. The molecule has 2 aromatic carbocycles. The maximum absolute atomic E-state index is 12.7. The van der Waals surface area contributed by atoms with Gasteiger partial charge >= 0.3 is 0 Å². The zero-order chi connectivity index (χ0) is 18.5. The normalized spacial score (nSPS) is 11.9. The third-order valence-corrected chi connectivity index (χ3v) is 4.90. The van der Waals surface area contributed by atoms with Crippen molar-refractivity contribution < 1.29 is 9.59 Å². The number of aromatic nitrogens is 2. The average Bonchev–Trinajstić information content (AvgIpc) is 3.08. The molecule has 0 fully saturated rings. The number of carbonyl (C=O) groups is 2. The Kier molecular flexibility index (Phi) is 5.78. The summed E-state index contributed by atoms with van der Waals surface area (Å²) in [5.74, 6) is 0.201. The summed E-state index contributed by atoms with van der Waals surface area (Å²) < 4.78 is 2.64. The molecule has 1 atom stereocenters. The van der Waals surface area contributed by atoms with Crippen LogP contribution in [-0.2, 0) is 7.05 Å². The molecular formula is C21H19BrN2O2. The van der Waals surface area contributed by atoms with E-state index in [4.69, 9.17) is 0 Å². The number of hydrogen-bond donors (Lipinski definition) is 0. The maximum Gasteiger partial charge on any atom is 0.198 e. The van der Waals surface area contributed by atoms with Crippen molar-refractivity contribution in [1.82, 2.24) is 9.55 Å². The third kappa shape index (κ3) is 4.35. The van der Waals surface area contributed by atoms with E-state index in [9.17, 15) is 9.59 Å². The molecule has 1 heterocycles. The van der Waals surface area contributed by atoms with Crippen LogP contribution >= 0.6 is 15.9 Å². The van der Waals surface area contributed by atoms with E-state index in [2.05, 4.69) is 20.9 Å². The summed E-state index contributed by atoms with van der Waals surface area (Å²) in [6.07, 6.45) is 3.88. The SMILES string of the molecule is Cn1ccnc1C(=O)C[C@@H](CC(=O)c1ccc(Br)cc1)c1ccccc1. The van der Waals surface area contributed by atoms with E-state index in [1.54, 1.807) is 36.1 Å². The van der Waals surface area contributed by atoms with Gasteiger partial charge in [-0.1, -0.05) is 58.4 Å². The lowest BCUT2D eigenvalue weighted by molar-refractivity contribution is 0.0937. The van der Waals surface area contributed by atoms with Gasteiger partial charge in [-0.15, -0.1) is 0 Å². The Morgan fingerprint density at radius 3 is 2.27 bits per heavy atom. The maximum atomic E-state index is 12.7. The first-order valence-corrected chi connectivity index (χ1v) is 9.18. The summed E-state index contributed by atoms with van der Waals surface area (Å²) in [6.45, 7) is 0. The molecule has 0 unspecified atom stereocenters. The van der Waals surface area contributed by atoms with Crippen LogP contribution in [0.2, 0.25) is 0 Å². The first kappa shape index (κ1) is 18.3. The van der Waals surface area contributed by atoms with Gasteiger partial charge in [-0.3, -0.25) is 9.59 Å². The summed E-state index contributed by atoms with van der Waals surface area (Å²) in [7, 11) is 1.80. The molecule has 3 aromatic rings. The van der Waals surface area contributed by atoms with Crippen molar-refractivity contribution in [3.05, 3.63) is 88.4 Å². The number of nitrogens with zero attached hydrogens (tertiary/aromatic N) is 2. The van der Waals surface area contributed by atoms with Crippen LogP contribution in [0, 0.1) is 0 Å². The van der Waals surface area contributed by atoms with Crippen molar-refractivity contribution in [2.75, 3.05) is 0 Å². The number of ketones is 2. The highest BCUT2D eigenvalue weighted by Gasteiger charge is 2.23. The van der Waals surface area contributed by atoms with Crippen molar-refractivity contribution in [2.45, 2.75) is 18.8 Å². The first-order valence-electron chi connectivity index (χ1n) is 8.39. The Hall–Kier alpha value is -2.53. The van der Waals surface area contributed by atoms with Crippen LogP contribution < -0.4 is 0 Å². The van der Waals surface area contributed by atoms with Crippen LogP contribution in [0.25, 0.3) is 0 Å². The number of imidazole rings is 1. The standard InChI is InChI=1S/C21H19BrN2O2/c1-24-12-11-23-21(24)20(26)14-17(15-5-3-2-4-6-15)13-19(25)16-7-9-18(22)10-8-16/h2-12,17H,13-14H2,1H3/t17-/m1/s1. The number of benzene rings is 2. The molecule has 0 radical (unpaired) electrons. The summed E-state index contributed by atoms with van der Waals surface area (Å²) in [5.41, 5.74) is 1.64. The van der Waals surface area contributed by atoms with Crippen LogP contribution in [0.1, 0.15) is 45.3 Å². The van der Waals surface area contributed by atoms with Crippen molar-refractivity contribution in [3.8, 4) is 0 Å². The molecule has 0 N–H and O–H groups in total. The molecule has 5 heteroatoms. The third-order valence-electron chi connectivity index (χ3n) is 4.37. The molecule has 0 aliphatic carbocycles. The number of Topliss-reactive ketones (excluding diaryl/α,β-unsaturated/α-hetero) is 2. The Labute approximate surface area is 161 Å². The van der Waals surface area contributed by atoms with Gasteiger partial charge in [0.2, 0.25) is 0 Å². The van der Waals surface area contributed by atoms with Crippen LogP contribution in [-0.4, -0.2) is 21.1 Å². The molecule has 0 spiro atoms. The first-order chi connectivity index (χ1) is 12.5. The molecule has 3 rings (SSSR count). The smallest absolute Gasteiger partial charge is 0.198 e. The lowest BCUT2D eigenvalue weighted by Gasteiger charge is -2.16. The molecule has 26 heavy (non-hydrogen) atoms. The molecule has 0 saturated carbocycles. The average molecular weight is 411 g/mol. The van der Waals surface area contributed by atoms with Crippen molar-refractivity contribution in [2.24, 2.45) is 7.05 Å². The quantitative estimate of drug-likeness (QED) is 0.525. The Bertz CT molecular complexity index is 901. The van der Waals surface area contributed by atoms with Gasteiger partial charge in [0.05, 0.1) is 0 Å². The van der Waals surface area contributed by atoms with E-state index in [0.717, 1.165) is 10.0 Å². The lowest BCUT2D eigenvalue weighted by atomic mass is 9.87. The molecule has 4 nitrogen and oxygen atoms in total. The summed E-state index contributed by atoms with van der Waals surface area (Å²) in [4.78, 5) is 29.5. The predicted octanol–water partition coefficient (Wildman–Crippen LogP) is 4.81. The van der Waals surface area contributed by atoms with E-state index in [0.29, 0.717) is 11.4 Å². The van der Waals surface area contributed by atoms with E-state index in [-0.39, 0.29) is 30.3 Å². The minimum absolute atomic E-state index is 0.0268. The Morgan fingerprint density at radius 2 is 1.65 bits per heavy atom. The summed E-state index contributed by atoms with van der Waals surface area (Å²) in [6, 6.07) is 17.0. The van der Waals surface area contributed by atoms with E-state index >= 15 is 0 Å². The Balaban J connectivity index is 1.82. The second-order valence-corrected chi connectivity index (χ2v) is 7.15. The van der Waals surface area contributed by atoms with Gasteiger partial charge < -0.3 is 4.57 Å². The number of halogens is 1. The molecule has 0 aliphatic heterocycles. The van der Waals surface area contributed by atoms with Crippen LogP contribution in [0.4, 0.5) is 0 Å². The summed E-state index contributed by atoms with van der Waals surface area (Å²) >= 11 is 3.38. The molecule has 0 amide bonds. The fourth-order valence-corrected chi connectivity index (χ4v) is 3.22. The van der Waals surface area contributed by atoms with Gasteiger partial charge in [-0.05, 0) is 23.6 Å². The van der Waals surface area contributed by atoms with E-state index in [1.807, 2.05) is 42.5 Å². The molecule has 0 bridgehead atoms. The fourth-order valence-electron chi connectivity index (χ4n) is 2.96. The minimum Gasteiger partial charge on any atom is -0.332 e. The van der Waals surface area contributed by atoms with Crippen molar-refractivity contribution in [3.63, 3.8) is 0 Å². The number of aryl methyl sites for hydroxylation is 1. The van der Waals surface area contributed by atoms with Crippen molar-refractivity contribution >= 4 is 27.5 Å². The molecule has 1 aromatic heterocycles. The van der Waals surface area contributed by atoms with Crippen LogP contribution in [0.5, 0.6) is 0 Å². The van der Waals surface area contributed by atoms with E-state index < -0.39 is 0 Å². The second kappa shape index (κ2) is 8.23. The zero-order valence-corrected chi connectivity index (χ0v) is 16.0. The van der Waals surface area contributed by atoms with Gasteiger partial charge in [-0.25, -0.2) is 4.98 Å². The number of hydrogen-bond acceptors (Lipinski definition) is 3. The zero-order valence-electron chi connectivity index (χ0n) is 14.4. The molecule has 0 aliphatic rings. The highest BCUT2D eigenvalue weighted by molar-refractivity contribution is 9.10. The van der Waals surface area contributed by atoms with Crippen molar-refractivity contribution in [1.29, 1.82) is 0 Å². The van der Waals surface area contributed by atoms with Crippen LogP contribution in [0.3, 0.4) is 0 Å². The molecular weight excluding hydrogens is 392 g/mol. The van der Waals surface area contributed by atoms with Crippen LogP contribution in [0.15, 0.2) is 71.5 Å². The van der Waals surface area contributed by atoms with E-state index in [1.165, 1.54) is 0 Å². The van der Waals surface area contributed by atoms with Gasteiger partial charge in [0.25, 0.3) is 0 Å². The minimum atomic E-state index is -0.184. The highest BCUT2D eigenvalue weighted by Crippen LogP contribution is 2.27. The largest absolute Gasteiger partial charge is 0.332 e. The van der Waals surface area contributed by atoms with Gasteiger partial charge in [0.15, 0.2) is 17.4 Å². The van der Waals surface area contributed by atoms with Gasteiger partial charge in [-0.2, -0.15) is 0 Å². The lowest BCUT2D eigenvalue weighted by Crippen LogP contribution is -2.15. The number of rotatable bonds is 7. The number of carbonyl (C=O) groups excluding carboxylic acids is 2. The second-order valence-electron chi connectivity index (χ2n) is 6.23. The fraction of sp³-hybridized carbons (Fsp3) is 0.190. The van der Waals surface area contributed by atoms with Gasteiger partial charge in [0, 0.05) is 42.3 Å². The molecule has 132 valence electrons. The van der Waals surface area contributed by atoms with Gasteiger partial charge in [0.1, 0.15) is 0 Å². The highest BCUT2D eigenvalue weighted by atomic mass is 79.9. The Morgan fingerprint density at radius 1 is 1.00 bits per heavy atom. The molecule has 0 saturated heterocycles. The monoisotopic (exact) mass is 410 g/mol. The topological polar surface area (TPSA) is 52.0 Å².